The highest BCUT2D eigenvalue weighted by Crippen LogP contribution is 2.32. The third-order valence-electron chi connectivity index (χ3n) is 6.09. The third-order valence-corrected chi connectivity index (χ3v) is 8.40. The van der Waals surface area contributed by atoms with Crippen LogP contribution < -0.4 is 16.4 Å². The van der Waals surface area contributed by atoms with E-state index in [4.69, 9.17) is 4.74 Å². The first kappa shape index (κ1) is 31.0. The van der Waals surface area contributed by atoms with Gasteiger partial charge in [-0.1, -0.05) is 19.6 Å². The SMILES string of the molecule is C[Si](C)(C)CCOCn1ncc(NC(CO)CCCn2ccc3cc(Br)c(F)cc3c2=O)c(C(F)(F)F)c1=O. The molecule has 39 heavy (non-hydrogen) atoms. The average molecular weight is 636 g/mol. The molecule has 1 atom stereocenters. The molecule has 14 heteroatoms. The maximum Gasteiger partial charge on any atom is 0.423 e. The maximum atomic E-state index is 13.9. The largest absolute Gasteiger partial charge is 0.423 e. The Hall–Kier alpha value is -2.55. The number of aryl methyl sites for hydroxylation is 1. The summed E-state index contributed by atoms with van der Waals surface area (Å²) >= 11 is 3.08. The molecule has 1 aromatic carbocycles. The van der Waals surface area contributed by atoms with Crippen molar-refractivity contribution in [2.24, 2.45) is 0 Å². The summed E-state index contributed by atoms with van der Waals surface area (Å²) in [5, 5.41) is 16.9. The van der Waals surface area contributed by atoms with Gasteiger partial charge in [-0.05, 0) is 58.4 Å². The highest BCUT2D eigenvalue weighted by Gasteiger charge is 2.38. The van der Waals surface area contributed by atoms with Gasteiger partial charge in [0, 0.05) is 33.5 Å². The summed E-state index contributed by atoms with van der Waals surface area (Å²) in [7, 11) is -1.42. The molecule has 0 aliphatic heterocycles. The van der Waals surface area contributed by atoms with Crippen LogP contribution in [0.1, 0.15) is 18.4 Å². The Morgan fingerprint density at radius 3 is 2.56 bits per heavy atom. The highest BCUT2D eigenvalue weighted by molar-refractivity contribution is 9.10. The van der Waals surface area contributed by atoms with Gasteiger partial charge in [0.05, 0.1) is 28.4 Å². The quantitative estimate of drug-likeness (QED) is 0.164. The van der Waals surface area contributed by atoms with Crippen molar-refractivity contribution >= 4 is 40.5 Å². The minimum atomic E-state index is -4.97. The summed E-state index contributed by atoms with van der Waals surface area (Å²) in [6.45, 7) is 5.95. The summed E-state index contributed by atoms with van der Waals surface area (Å²) in [5.74, 6) is -0.573. The van der Waals surface area contributed by atoms with Crippen molar-refractivity contribution in [2.75, 3.05) is 18.5 Å². The Bertz CT molecular complexity index is 1420. The van der Waals surface area contributed by atoms with Crippen molar-refractivity contribution in [3.8, 4) is 0 Å². The number of aromatic nitrogens is 3. The second-order valence-electron chi connectivity index (χ2n) is 10.4. The fourth-order valence-corrected chi connectivity index (χ4v) is 5.00. The van der Waals surface area contributed by atoms with E-state index in [0.717, 1.165) is 18.3 Å². The van der Waals surface area contributed by atoms with Crippen molar-refractivity contribution in [2.45, 2.75) is 64.0 Å². The third kappa shape index (κ3) is 8.22. The zero-order valence-electron chi connectivity index (χ0n) is 21.8. The molecule has 0 radical (unpaired) electrons. The van der Waals surface area contributed by atoms with Gasteiger partial charge < -0.3 is 19.7 Å². The number of alkyl halides is 3. The van der Waals surface area contributed by atoms with E-state index < -0.39 is 61.8 Å². The monoisotopic (exact) mass is 634 g/mol. The molecule has 0 aliphatic carbocycles. The molecule has 3 aromatic rings. The van der Waals surface area contributed by atoms with Crippen molar-refractivity contribution in [3.63, 3.8) is 0 Å². The molecule has 0 spiro atoms. The van der Waals surface area contributed by atoms with Crippen molar-refractivity contribution in [1.82, 2.24) is 14.3 Å². The highest BCUT2D eigenvalue weighted by atomic mass is 79.9. The Kier molecular flexibility index (Phi) is 10.1. The van der Waals surface area contributed by atoms with Gasteiger partial charge in [0.15, 0.2) is 0 Å². The number of hydrogen-bond acceptors (Lipinski definition) is 6. The number of aliphatic hydroxyl groups is 1. The van der Waals surface area contributed by atoms with E-state index in [9.17, 15) is 32.3 Å². The van der Waals surface area contributed by atoms with E-state index in [0.29, 0.717) is 23.1 Å². The molecule has 2 aromatic heterocycles. The molecule has 8 nitrogen and oxygen atoms in total. The van der Waals surface area contributed by atoms with E-state index in [1.165, 1.54) is 10.6 Å². The van der Waals surface area contributed by atoms with Gasteiger partial charge in [0.1, 0.15) is 18.1 Å². The molecule has 0 bridgehead atoms. The Labute approximate surface area is 231 Å². The molecule has 1 unspecified atom stereocenters. The van der Waals surface area contributed by atoms with Crippen LogP contribution in [0.4, 0.5) is 23.2 Å². The smallest absolute Gasteiger partial charge is 0.394 e. The normalized spacial score (nSPS) is 13.2. The van der Waals surface area contributed by atoms with Gasteiger partial charge in [-0.15, -0.1) is 0 Å². The molecule has 214 valence electrons. The first-order chi connectivity index (χ1) is 18.2. The lowest BCUT2D eigenvalue weighted by Gasteiger charge is -2.21. The summed E-state index contributed by atoms with van der Waals surface area (Å²) in [4.78, 5) is 25.4. The molecule has 2 heterocycles. The predicted molar refractivity (Wildman–Crippen MR) is 147 cm³/mol. The number of anilines is 1. The number of benzene rings is 1. The lowest BCUT2D eigenvalue weighted by Crippen LogP contribution is -2.35. The van der Waals surface area contributed by atoms with Gasteiger partial charge in [-0.2, -0.15) is 18.3 Å². The van der Waals surface area contributed by atoms with Crippen LogP contribution in [0.3, 0.4) is 0 Å². The minimum Gasteiger partial charge on any atom is -0.394 e. The van der Waals surface area contributed by atoms with Crippen LogP contribution in [0, 0.1) is 5.82 Å². The van der Waals surface area contributed by atoms with Crippen LogP contribution in [-0.2, 0) is 24.2 Å². The number of halogens is 5. The van der Waals surface area contributed by atoms with Gasteiger partial charge in [-0.25, -0.2) is 9.07 Å². The molecule has 0 saturated carbocycles. The lowest BCUT2D eigenvalue weighted by atomic mass is 10.1. The topological polar surface area (TPSA) is 98.4 Å². The van der Waals surface area contributed by atoms with Crippen molar-refractivity contribution in [3.05, 3.63) is 67.2 Å². The number of fused-ring (bicyclic) bond motifs is 1. The van der Waals surface area contributed by atoms with Crippen LogP contribution in [0.15, 0.2) is 44.7 Å². The molecular weight excluding hydrogens is 604 g/mol. The molecule has 2 N–H and O–H groups in total. The fourth-order valence-electron chi connectivity index (χ4n) is 3.88. The number of rotatable bonds is 12. The van der Waals surface area contributed by atoms with Gasteiger partial charge >= 0.3 is 6.18 Å². The van der Waals surface area contributed by atoms with E-state index in [2.05, 4.69) is 46.0 Å². The van der Waals surface area contributed by atoms with E-state index in [1.54, 1.807) is 12.3 Å². The summed E-state index contributed by atoms with van der Waals surface area (Å²) in [5.41, 5.74) is -3.73. The standard InChI is InChI=1S/C25H31BrF4N4O4Si/c1-39(2,3)10-9-38-15-34-24(37)22(25(28,29)30)21(13-31-34)32-17(14-35)5-4-7-33-8-6-16-11-19(26)20(27)12-18(16)23(33)36/h6,8,11-13,17,32,35H,4-5,7,9-10,14-15H2,1-3H3. The van der Waals surface area contributed by atoms with Crippen molar-refractivity contribution in [1.29, 1.82) is 0 Å². The number of hydrogen-bond donors (Lipinski definition) is 2. The zero-order valence-corrected chi connectivity index (χ0v) is 24.4. The molecule has 3 rings (SSSR count). The van der Waals surface area contributed by atoms with Crippen LogP contribution >= 0.6 is 15.9 Å². The average Bonchev–Trinajstić information content (AvgIpc) is 2.83. The summed E-state index contributed by atoms with van der Waals surface area (Å²) in [6.07, 6.45) is -2.04. The molecular formula is C25H31BrF4N4O4Si. The Balaban J connectivity index is 1.71. The van der Waals surface area contributed by atoms with Gasteiger partial charge in [-0.3, -0.25) is 9.59 Å². The summed E-state index contributed by atoms with van der Waals surface area (Å²) in [6, 6.07) is 4.24. The van der Waals surface area contributed by atoms with E-state index in [1.807, 2.05) is 0 Å². The Morgan fingerprint density at radius 1 is 1.21 bits per heavy atom. The van der Waals surface area contributed by atoms with Crippen LogP contribution in [0.5, 0.6) is 0 Å². The predicted octanol–water partition coefficient (Wildman–Crippen LogP) is 5.04. The second kappa shape index (κ2) is 12.7. The number of nitrogens with zero attached hydrogens (tertiary/aromatic N) is 3. The first-order valence-electron chi connectivity index (χ1n) is 12.3. The maximum absolute atomic E-state index is 13.9. The molecule has 0 fully saturated rings. The van der Waals surface area contributed by atoms with Crippen molar-refractivity contribution < 1.29 is 27.4 Å². The Morgan fingerprint density at radius 2 is 1.92 bits per heavy atom. The lowest BCUT2D eigenvalue weighted by molar-refractivity contribution is -0.138. The fraction of sp³-hybridized carbons (Fsp3) is 0.480. The minimum absolute atomic E-state index is 0.176. The molecule has 0 aliphatic rings. The van der Waals surface area contributed by atoms with Crippen LogP contribution in [-0.4, -0.2) is 46.8 Å². The second-order valence-corrected chi connectivity index (χ2v) is 16.9. The number of ether oxygens (including phenoxy) is 1. The van der Waals surface area contributed by atoms with Crippen LogP contribution in [0.25, 0.3) is 10.8 Å². The zero-order chi connectivity index (χ0) is 29.0. The van der Waals surface area contributed by atoms with Crippen LogP contribution in [0.2, 0.25) is 25.7 Å². The molecule has 0 saturated heterocycles. The first-order valence-corrected chi connectivity index (χ1v) is 16.8. The van der Waals surface area contributed by atoms with Gasteiger partial charge in [0.2, 0.25) is 0 Å². The number of aliphatic hydroxyl groups excluding tert-OH is 1. The summed E-state index contributed by atoms with van der Waals surface area (Å²) < 4.78 is 63.1. The van der Waals surface area contributed by atoms with Gasteiger partial charge in [0.25, 0.3) is 11.1 Å². The van der Waals surface area contributed by atoms with E-state index >= 15 is 0 Å². The number of nitrogens with one attached hydrogen (secondary N) is 1. The van der Waals surface area contributed by atoms with E-state index in [-0.39, 0.29) is 22.8 Å². The molecule has 0 amide bonds. The number of pyridine rings is 1.